The molecule has 1 saturated carbocycles. The fraction of sp³-hybridized carbons (Fsp3) is 0.562. The summed E-state index contributed by atoms with van der Waals surface area (Å²) < 4.78 is 0. The normalized spacial score (nSPS) is 16.1. The van der Waals surface area contributed by atoms with Crippen molar-refractivity contribution in [2.45, 2.75) is 44.7 Å². The van der Waals surface area contributed by atoms with E-state index in [1.807, 2.05) is 18.2 Å². The van der Waals surface area contributed by atoms with Gasteiger partial charge in [0.2, 0.25) is 0 Å². The van der Waals surface area contributed by atoms with Crippen LogP contribution in [0.1, 0.15) is 48.0 Å². The molecule has 4 N–H and O–H groups in total. The summed E-state index contributed by atoms with van der Waals surface area (Å²) in [5.41, 5.74) is 3.77. The van der Waals surface area contributed by atoms with E-state index < -0.39 is 0 Å². The van der Waals surface area contributed by atoms with Gasteiger partial charge in [-0.2, -0.15) is 0 Å². The summed E-state index contributed by atoms with van der Waals surface area (Å²) in [5.74, 6) is 4.99. The molecule has 0 bridgehead atoms. The van der Waals surface area contributed by atoms with Crippen molar-refractivity contribution in [1.82, 2.24) is 10.3 Å². The molecule has 0 aliphatic heterocycles. The number of hydrogen-bond donors (Lipinski definition) is 3. The third-order valence-corrected chi connectivity index (χ3v) is 4.24. The largest absolute Gasteiger partial charge is 0.395 e. The number of hydrazine groups is 1. The van der Waals surface area contributed by atoms with E-state index in [0.717, 1.165) is 5.56 Å². The van der Waals surface area contributed by atoms with Crippen LogP contribution in [-0.4, -0.2) is 35.1 Å². The van der Waals surface area contributed by atoms with E-state index in [1.54, 1.807) is 6.07 Å². The summed E-state index contributed by atoms with van der Waals surface area (Å²) in [6, 6.07) is 8.01. The Balaban J connectivity index is 2.14. The lowest BCUT2D eigenvalue weighted by Gasteiger charge is -2.34. The van der Waals surface area contributed by atoms with Crippen molar-refractivity contribution in [3.8, 4) is 0 Å². The lowest BCUT2D eigenvalue weighted by molar-refractivity contribution is 0.0945. The highest BCUT2D eigenvalue weighted by atomic mass is 16.3. The molecular formula is C16H25N3O2. The number of hydrogen-bond acceptors (Lipinski definition) is 4. The Morgan fingerprint density at radius 2 is 2.00 bits per heavy atom. The minimum Gasteiger partial charge on any atom is -0.395 e. The van der Waals surface area contributed by atoms with Crippen LogP contribution in [0.3, 0.4) is 0 Å². The van der Waals surface area contributed by atoms with E-state index in [4.69, 9.17) is 5.84 Å². The predicted octanol–water partition coefficient (Wildman–Crippen LogP) is 1.42. The van der Waals surface area contributed by atoms with Gasteiger partial charge in [0, 0.05) is 24.7 Å². The van der Waals surface area contributed by atoms with Gasteiger partial charge < -0.3 is 5.11 Å². The molecule has 116 valence electrons. The lowest BCUT2D eigenvalue weighted by atomic mass is 9.93. The number of benzene rings is 1. The highest BCUT2D eigenvalue weighted by molar-refractivity contribution is 5.95. The zero-order valence-electron chi connectivity index (χ0n) is 12.4. The molecule has 0 unspecified atom stereocenters. The second kappa shape index (κ2) is 8.12. The first kappa shape index (κ1) is 15.9. The summed E-state index contributed by atoms with van der Waals surface area (Å²) in [6.45, 7) is 1.46. The quantitative estimate of drug-likeness (QED) is 0.421. The minimum absolute atomic E-state index is 0.141. The second-order valence-electron chi connectivity index (χ2n) is 5.62. The van der Waals surface area contributed by atoms with Gasteiger partial charge in [0.05, 0.1) is 6.61 Å². The minimum atomic E-state index is -0.266. The number of nitrogens with zero attached hydrogens (tertiary/aromatic N) is 1. The van der Waals surface area contributed by atoms with E-state index in [0.29, 0.717) is 24.7 Å². The van der Waals surface area contributed by atoms with Gasteiger partial charge in [-0.15, -0.1) is 0 Å². The maximum Gasteiger partial charge on any atom is 0.265 e. The maximum atomic E-state index is 11.8. The zero-order valence-corrected chi connectivity index (χ0v) is 12.4. The van der Waals surface area contributed by atoms with Crippen LogP contribution in [0.2, 0.25) is 0 Å². The topological polar surface area (TPSA) is 78.6 Å². The molecule has 1 aliphatic rings. The van der Waals surface area contributed by atoms with Crippen LogP contribution in [0.15, 0.2) is 24.3 Å². The van der Waals surface area contributed by atoms with Gasteiger partial charge in [0.15, 0.2) is 0 Å². The Labute approximate surface area is 126 Å². The molecule has 1 aliphatic carbocycles. The first-order chi connectivity index (χ1) is 10.3. The van der Waals surface area contributed by atoms with E-state index in [2.05, 4.69) is 10.3 Å². The van der Waals surface area contributed by atoms with Crippen molar-refractivity contribution in [2.75, 3.05) is 13.2 Å². The molecule has 1 aromatic carbocycles. The van der Waals surface area contributed by atoms with Crippen molar-refractivity contribution < 1.29 is 9.90 Å². The Bertz CT molecular complexity index is 459. The molecule has 0 aromatic heterocycles. The van der Waals surface area contributed by atoms with Gasteiger partial charge >= 0.3 is 0 Å². The van der Waals surface area contributed by atoms with Gasteiger partial charge in [-0.1, -0.05) is 37.5 Å². The molecule has 1 aromatic rings. The predicted molar refractivity (Wildman–Crippen MR) is 82.5 cm³/mol. The SMILES string of the molecule is NNC(=O)c1ccccc1CN(CCO)C1CCCCC1. The van der Waals surface area contributed by atoms with Crippen LogP contribution in [0.4, 0.5) is 0 Å². The van der Waals surface area contributed by atoms with Crippen LogP contribution in [0.5, 0.6) is 0 Å². The molecule has 0 saturated heterocycles. The van der Waals surface area contributed by atoms with E-state index >= 15 is 0 Å². The van der Waals surface area contributed by atoms with E-state index in [1.165, 1.54) is 32.1 Å². The summed E-state index contributed by atoms with van der Waals surface area (Å²) in [7, 11) is 0. The number of amides is 1. The Hall–Kier alpha value is -1.43. The average molecular weight is 291 g/mol. The number of nitrogen functional groups attached to an aromatic ring is 1. The first-order valence-corrected chi connectivity index (χ1v) is 7.70. The summed E-state index contributed by atoms with van der Waals surface area (Å²) in [5, 5.41) is 9.33. The molecule has 5 heteroatoms. The number of nitrogens with two attached hydrogens (primary N) is 1. The maximum absolute atomic E-state index is 11.8. The number of rotatable bonds is 6. The van der Waals surface area contributed by atoms with Crippen LogP contribution in [0, 0.1) is 0 Å². The summed E-state index contributed by atoms with van der Waals surface area (Å²) >= 11 is 0. The van der Waals surface area contributed by atoms with Gasteiger partial charge in [-0.25, -0.2) is 5.84 Å². The monoisotopic (exact) mass is 291 g/mol. The van der Waals surface area contributed by atoms with Gasteiger partial charge in [-0.05, 0) is 24.5 Å². The molecule has 2 rings (SSSR count). The number of aliphatic hydroxyl groups is 1. The van der Waals surface area contributed by atoms with Crippen LogP contribution in [0.25, 0.3) is 0 Å². The standard InChI is InChI=1S/C16H25N3O2/c17-18-16(21)15-9-5-4-6-13(15)12-19(10-11-20)14-7-2-1-3-8-14/h4-6,9,14,20H,1-3,7-8,10-12,17H2,(H,18,21). The fourth-order valence-electron chi connectivity index (χ4n) is 3.14. The second-order valence-corrected chi connectivity index (χ2v) is 5.62. The number of carbonyl (C=O) groups is 1. The third-order valence-electron chi connectivity index (χ3n) is 4.24. The Morgan fingerprint density at radius 3 is 2.67 bits per heavy atom. The first-order valence-electron chi connectivity index (χ1n) is 7.70. The summed E-state index contributed by atoms with van der Waals surface area (Å²) in [4.78, 5) is 14.1. The fourth-order valence-corrected chi connectivity index (χ4v) is 3.14. The Kier molecular flexibility index (Phi) is 6.17. The van der Waals surface area contributed by atoms with Crippen molar-refractivity contribution >= 4 is 5.91 Å². The molecule has 0 radical (unpaired) electrons. The molecule has 21 heavy (non-hydrogen) atoms. The van der Waals surface area contributed by atoms with Crippen molar-refractivity contribution in [1.29, 1.82) is 0 Å². The highest BCUT2D eigenvalue weighted by Gasteiger charge is 2.22. The number of nitrogens with one attached hydrogen (secondary N) is 1. The highest BCUT2D eigenvalue weighted by Crippen LogP contribution is 2.24. The summed E-state index contributed by atoms with van der Waals surface area (Å²) in [6.07, 6.45) is 6.14. The van der Waals surface area contributed by atoms with Crippen LogP contribution in [-0.2, 0) is 6.54 Å². The van der Waals surface area contributed by atoms with Gasteiger partial charge in [-0.3, -0.25) is 15.1 Å². The molecule has 0 heterocycles. The molecule has 5 nitrogen and oxygen atoms in total. The van der Waals surface area contributed by atoms with Gasteiger partial charge in [0.1, 0.15) is 0 Å². The van der Waals surface area contributed by atoms with E-state index in [9.17, 15) is 9.90 Å². The van der Waals surface area contributed by atoms with Crippen molar-refractivity contribution in [3.63, 3.8) is 0 Å². The number of carbonyl (C=O) groups excluding carboxylic acids is 1. The smallest absolute Gasteiger partial charge is 0.265 e. The van der Waals surface area contributed by atoms with Crippen LogP contribution >= 0.6 is 0 Å². The Morgan fingerprint density at radius 1 is 1.29 bits per heavy atom. The average Bonchev–Trinajstić information content (AvgIpc) is 2.55. The van der Waals surface area contributed by atoms with Gasteiger partial charge in [0.25, 0.3) is 5.91 Å². The molecule has 1 fully saturated rings. The molecule has 1 amide bonds. The molecular weight excluding hydrogens is 266 g/mol. The zero-order chi connectivity index (χ0) is 15.1. The lowest BCUT2D eigenvalue weighted by Crippen LogP contribution is -2.39. The van der Waals surface area contributed by atoms with Crippen molar-refractivity contribution in [3.05, 3.63) is 35.4 Å². The van der Waals surface area contributed by atoms with E-state index in [-0.39, 0.29) is 12.5 Å². The van der Waals surface area contributed by atoms with Crippen molar-refractivity contribution in [2.24, 2.45) is 5.84 Å². The van der Waals surface area contributed by atoms with Crippen LogP contribution < -0.4 is 11.3 Å². The third kappa shape index (κ3) is 4.27. The molecule has 0 atom stereocenters. The molecule has 0 spiro atoms. The number of aliphatic hydroxyl groups excluding tert-OH is 1.